The first-order valence-electron chi connectivity index (χ1n) is 5.20. The Hall–Kier alpha value is -1.45. The molecule has 0 bridgehead atoms. The first kappa shape index (κ1) is 11.0. The standard InChI is InChI=1S/C12H12F2NO/c13-12(14)11-5-3-10(4-6-11)8-16-15-7-9-1-2-9/h3-6,9,12H,1-2,8H2. The second kappa shape index (κ2) is 5.05. The molecule has 0 aromatic heterocycles. The lowest BCUT2D eigenvalue weighted by atomic mass is 10.1. The van der Waals surface area contributed by atoms with Crippen LogP contribution in [-0.4, -0.2) is 6.21 Å². The highest BCUT2D eigenvalue weighted by molar-refractivity contribution is 5.62. The Kier molecular flexibility index (Phi) is 3.49. The molecule has 0 unspecified atom stereocenters. The number of nitrogens with zero attached hydrogens (tertiary/aromatic N) is 1. The van der Waals surface area contributed by atoms with Crippen molar-refractivity contribution in [3.63, 3.8) is 0 Å². The Labute approximate surface area is 92.9 Å². The van der Waals surface area contributed by atoms with Crippen molar-refractivity contribution < 1.29 is 13.6 Å². The quantitative estimate of drug-likeness (QED) is 0.554. The van der Waals surface area contributed by atoms with E-state index in [1.54, 1.807) is 12.1 Å². The zero-order chi connectivity index (χ0) is 11.4. The van der Waals surface area contributed by atoms with E-state index >= 15 is 0 Å². The summed E-state index contributed by atoms with van der Waals surface area (Å²) < 4.78 is 24.5. The Bertz CT molecular complexity index is 358. The number of rotatable bonds is 5. The van der Waals surface area contributed by atoms with Crippen LogP contribution in [0.1, 0.15) is 30.4 Å². The van der Waals surface area contributed by atoms with E-state index in [1.165, 1.54) is 12.1 Å². The molecule has 0 heterocycles. The van der Waals surface area contributed by atoms with Crippen LogP contribution in [0.15, 0.2) is 29.4 Å². The van der Waals surface area contributed by atoms with Gasteiger partial charge in [0.2, 0.25) is 0 Å². The van der Waals surface area contributed by atoms with Crippen molar-refractivity contribution in [1.29, 1.82) is 0 Å². The van der Waals surface area contributed by atoms with Crippen LogP contribution in [0.2, 0.25) is 0 Å². The summed E-state index contributed by atoms with van der Waals surface area (Å²) in [6.45, 7) is 0.295. The lowest BCUT2D eigenvalue weighted by Gasteiger charge is -2.02. The molecular weight excluding hydrogens is 212 g/mol. The van der Waals surface area contributed by atoms with Crippen LogP contribution < -0.4 is 0 Å². The number of alkyl halides is 2. The first-order valence-corrected chi connectivity index (χ1v) is 5.20. The third-order valence-electron chi connectivity index (χ3n) is 2.34. The SMILES string of the molecule is FC(F)c1ccc(CO/N=[C]\C2CC2)cc1. The zero-order valence-corrected chi connectivity index (χ0v) is 8.70. The second-order valence-electron chi connectivity index (χ2n) is 3.81. The molecule has 1 fully saturated rings. The van der Waals surface area contributed by atoms with E-state index in [0.29, 0.717) is 12.5 Å². The average molecular weight is 224 g/mol. The predicted molar refractivity (Wildman–Crippen MR) is 56.3 cm³/mol. The smallest absolute Gasteiger partial charge is 0.263 e. The molecule has 1 radical (unpaired) electrons. The fraction of sp³-hybridized carbons (Fsp3) is 0.417. The highest BCUT2D eigenvalue weighted by Gasteiger charge is 2.19. The summed E-state index contributed by atoms with van der Waals surface area (Å²) >= 11 is 0. The number of hydrogen-bond acceptors (Lipinski definition) is 2. The van der Waals surface area contributed by atoms with Crippen molar-refractivity contribution >= 4 is 6.21 Å². The van der Waals surface area contributed by atoms with Gasteiger partial charge < -0.3 is 4.84 Å². The van der Waals surface area contributed by atoms with Crippen molar-refractivity contribution in [2.45, 2.75) is 25.9 Å². The van der Waals surface area contributed by atoms with Gasteiger partial charge in [0.05, 0.1) is 0 Å². The molecule has 2 nitrogen and oxygen atoms in total. The molecule has 16 heavy (non-hydrogen) atoms. The minimum absolute atomic E-state index is 0.0248. The average Bonchev–Trinajstić information content (AvgIpc) is 3.09. The first-order chi connectivity index (χ1) is 7.75. The van der Waals surface area contributed by atoms with Gasteiger partial charge in [0.15, 0.2) is 0 Å². The van der Waals surface area contributed by atoms with Crippen LogP contribution in [0.25, 0.3) is 0 Å². The van der Waals surface area contributed by atoms with Gasteiger partial charge in [0.25, 0.3) is 6.43 Å². The maximum absolute atomic E-state index is 12.2. The zero-order valence-electron chi connectivity index (χ0n) is 8.70. The molecule has 1 aliphatic carbocycles. The Morgan fingerprint density at radius 1 is 1.31 bits per heavy atom. The van der Waals surface area contributed by atoms with Gasteiger partial charge in [-0.2, -0.15) is 0 Å². The fourth-order valence-corrected chi connectivity index (χ4v) is 1.19. The van der Waals surface area contributed by atoms with Gasteiger partial charge in [-0.25, -0.2) is 8.78 Å². The lowest BCUT2D eigenvalue weighted by molar-refractivity contribution is 0.131. The molecule has 1 saturated carbocycles. The summed E-state index contributed by atoms with van der Waals surface area (Å²) in [5, 5.41) is 3.69. The van der Waals surface area contributed by atoms with E-state index in [-0.39, 0.29) is 5.56 Å². The molecule has 0 saturated heterocycles. The van der Waals surface area contributed by atoms with Gasteiger partial charge >= 0.3 is 0 Å². The summed E-state index contributed by atoms with van der Waals surface area (Å²) in [5.74, 6) is 0.459. The van der Waals surface area contributed by atoms with Gasteiger partial charge in [-0.3, -0.25) is 0 Å². The van der Waals surface area contributed by atoms with E-state index in [9.17, 15) is 8.78 Å². The Morgan fingerprint density at radius 2 is 2.00 bits per heavy atom. The number of hydrogen-bond donors (Lipinski definition) is 0. The Balaban J connectivity index is 1.80. The van der Waals surface area contributed by atoms with E-state index in [1.807, 2.05) is 0 Å². The van der Waals surface area contributed by atoms with Crippen LogP contribution in [0.3, 0.4) is 0 Å². The maximum Gasteiger partial charge on any atom is 0.263 e. The maximum atomic E-state index is 12.2. The highest BCUT2D eigenvalue weighted by Crippen LogP contribution is 2.26. The van der Waals surface area contributed by atoms with Gasteiger partial charge in [0, 0.05) is 11.5 Å². The van der Waals surface area contributed by atoms with Gasteiger partial charge in [-0.05, 0) is 18.4 Å². The third-order valence-corrected chi connectivity index (χ3v) is 2.34. The van der Waals surface area contributed by atoms with E-state index in [4.69, 9.17) is 4.84 Å². The molecule has 1 aromatic carbocycles. The lowest BCUT2D eigenvalue weighted by Crippen LogP contribution is -1.90. The largest absolute Gasteiger partial charge is 0.391 e. The van der Waals surface area contributed by atoms with Gasteiger partial charge in [-0.1, -0.05) is 29.4 Å². The van der Waals surface area contributed by atoms with Crippen molar-refractivity contribution in [1.82, 2.24) is 0 Å². The van der Waals surface area contributed by atoms with Crippen molar-refractivity contribution in [2.24, 2.45) is 11.1 Å². The molecule has 0 N–H and O–H groups in total. The molecule has 1 aliphatic rings. The fourth-order valence-electron chi connectivity index (χ4n) is 1.19. The highest BCUT2D eigenvalue weighted by atomic mass is 19.3. The van der Waals surface area contributed by atoms with Crippen molar-refractivity contribution in [3.8, 4) is 0 Å². The number of benzene rings is 1. The topological polar surface area (TPSA) is 21.6 Å². The van der Waals surface area contributed by atoms with E-state index < -0.39 is 6.43 Å². The normalized spacial score (nSPS) is 15.9. The summed E-state index contributed by atoms with van der Waals surface area (Å²) in [5.41, 5.74) is 0.850. The molecule has 0 atom stereocenters. The van der Waals surface area contributed by atoms with E-state index in [0.717, 1.165) is 18.4 Å². The van der Waals surface area contributed by atoms with Crippen molar-refractivity contribution in [2.75, 3.05) is 0 Å². The monoisotopic (exact) mass is 224 g/mol. The minimum Gasteiger partial charge on any atom is -0.391 e. The Morgan fingerprint density at radius 3 is 2.56 bits per heavy atom. The van der Waals surface area contributed by atoms with Gasteiger partial charge in [-0.15, -0.1) is 0 Å². The molecule has 0 aliphatic heterocycles. The predicted octanol–water partition coefficient (Wildman–Crippen LogP) is 3.41. The molecule has 2 rings (SSSR count). The second-order valence-corrected chi connectivity index (χ2v) is 3.81. The van der Waals surface area contributed by atoms with E-state index in [2.05, 4.69) is 11.4 Å². The minimum atomic E-state index is -2.42. The van der Waals surface area contributed by atoms with Gasteiger partial charge in [0.1, 0.15) is 12.8 Å². The molecule has 4 heteroatoms. The molecular formula is C12H12F2NO. The van der Waals surface area contributed by atoms with Crippen LogP contribution in [0.4, 0.5) is 8.78 Å². The molecule has 0 spiro atoms. The third kappa shape index (κ3) is 3.29. The summed E-state index contributed by atoms with van der Waals surface area (Å²) in [7, 11) is 0. The number of halogens is 2. The van der Waals surface area contributed by atoms with Crippen LogP contribution in [0.5, 0.6) is 0 Å². The molecule has 0 amide bonds. The molecule has 85 valence electrons. The van der Waals surface area contributed by atoms with Crippen LogP contribution >= 0.6 is 0 Å². The van der Waals surface area contributed by atoms with Crippen LogP contribution in [0, 0.1) is 5.92 Å². The van der Waals surface area contributed by atoms with Crippen molar-refractivity contribution in [3.05, 3.63) is 35.4 Å². The summed E-state index contributed by atoms with van der Waals surface area (Å²) in [6.07, 6.45) is 2.69. The summed E-state index contributed by atoms with van der Waals surface area (Å²) in [6, 6.07) is 6.04. The summed E-state index contributed by atoms with van der Waals surface area (Å²) in [4.78, 5) is 5.00. The van der Waals surface area contributed by atoms with Crippen LogP contribution in [-0.2, 0) is 11.4 Å². The molecule has 1 aromatic rings.